The lowest BCUT2D eigenvalue weighted by Gasteiger charge is -2.42. The topological polar surface area (TPSA) is 3.24 Å². The summed E-state index contributed by atoms with van der Waals surface area (Å²) in [5, 5.41) is 0. The van der Waals surface area contributed by atoms with E-state index in [4.69, 9.17) is 12.2 Å². The Balaban J connectivity index is 2.26. The smallest absolute Gasteiger partial charge is 0.137 e. The van der Waals surface area contributed by atoms with Gasteiger partial charge in [-0.3, -0.25) is 0 Å². The van der Waals surface area contributed by atoms with Gasteiger partial charge in [-0.1, -0.05) is 55.2 Å². The molecule has 0 aromatic carbocycles. The fraction of sp³-hybridized carbons (Fsp3) is 0.545. The Morgan fingerprint density at radius 1 is 1.57 bits per heavy atom. The molecular weight excluding hydrogens is 210 g/mol. The van der Waals surface area contributed by atoms with Gasteiger partial charge < -0.3 is 4.90 Å². The number of nitrogens with zero attached hydrogens (tertiary/aromatic N) is 1. The summed E-state index contributed by atoms with van der Waals surface area (Å²) in [6.07, 6.45) is 8.78. The quantitative estimate of drug-likeness (QED) is 0.632. The van der Waals surface area contributed by atoms with E-state index in [0.29, 0.717) is 5.92 Å². The molecular formula is C11H15NS2. The van der Waals surface area contributed by atoms with Crippen molar-refractivity contribution in [2.75, 3.05) is 12.3 Å². The van der Waals surface area contributed by atoms with Crippen LogP contribution in [0.3, 0.4) is 0 Å². The van der Waals surface area contributed by atoms with Crippen molar-refractivity contribution in [2.45, 2.75) is 19.4 Å². The third-order valence-corrected chi connectivity index (χ3v) is 4.64. The fourth-order valence-corrected chi connectivity index (χ4v) is 3.42. The zero-order valence-corrected chi connectivity index (χ0v) is 10.2. The minimum Gasteiger partial charge on any atom is -0.347 e. The molecule has 14 heavy (non-hydrogen) atoms. The highest BCUT2D eigenvalue weighted by atomic mass is 32.2. The van der Waals surface area contributed by atoms with Crippen molar-refractivity contribution >= 4 is 28.3 Å². The Morgan fingerprint density at radius 3 is 2.93 bits per heavy atom. The summed E-state index contributed by atoms with van der Waals surface area (Å²) in [7, 11) is 0. The number of thiocarbonyl (C=S) groups is 1. The van der Waals surface area contributed by atoms with Gasteiger partial charge in [0, 0.05) is 18.2 Å². The van der Waals surface area contributed by atoms with Crippen molar-refractivity contribution < 1.29 is 0 Å². The van der Waals surface area contributed by atoms with Gasteiger partial charge in [0.05, 0.1) is 5.54 Å². The molecule has 0 saturated carbocycles. The van der Waals surface area contributed by atoms with E-state index in [2.05, 4.69) is 43.1 Å². The number of hydrogen-bond acceptors (Lipinski definition) is 2. The van der Waals surface area contributed by atoms with Crippen LogP contribution in [0.4, 0.5) is 0 Å². The Labute approximate surface area is 95.2 Å². The molecule has 0 aromatic rings. The minimum atomic E-state index is 0.0926. The van der Waals surface area contributed by atoms with Crippen LogP contribution in [0.5, 0.6) is 0 Å². The van der Waals surface area contributed by atoms with E-state index >= 15 is 0 Å². The second kappa shape index (κ2) is 3.70. The van der Waals surface area contributed by atoms with E-state index in [1.807, 2.05) is 0 Å². The van der Waals surface area contributed by atoms with E-state index in [1.54, 1.807) is 11.8 Å². The van der Waals surface area contributed by atoms with Gasteiger partial charge in [-0.15, -0.1) is 0 Å². The number of thioether (sulfide) groups is 1. The zero-order valence-electron chi connectivity index (χ0n) is 8.56. The molecule has 1 fully saturated rings. The van der Waals surface area contributed by atoms with Crippen LogP contribution in [0.15, 0.2) is 24.3 Å². The van der Waals surface area contributed by atoms with Gasteiger partial charge in [-0.2, -0.15) is 0 Å². The first-order valence-corrected chi connectivity index (χ1v) is 6.34. The van der Waals surface area contributed by atoms with Gasteiger partial charge in [-0.25, -0.2) is 0 Å². The SMILES string of the molecule is CC1C=CC=CC1(C)N1CCSC1=S. The standard InChI is InChI=1S/C11H15NS2/c1-9-5-3-4-6-11(9,2)12-7-8-14-10(12)13/h3-6,9H,7-8H2,1-2H3. The summed E-state index contributed by atoms with van der Waals surface area (Å²) in [4.78, 5) is 2.36. The highest BCUT2D eigenvalue weighted by Gasteiger charge is 2.38. The van der Waals surface area contributed by atoms with Crippen molar-refractivity contribution in [1.82, 2.24) is 4.90 Å². The first-order valence-electron chi connectivity index (χ1n) is 4.95. The van der Waals surface area contributed by atoms with Crippen molar-refractivity contribution in [1.29, 1.82) is 0 Å². The van der Waals surface area contributed by atoms with Crippen LogP contribution in [-0.4, -0.2) is 27.1 Å². The molecule has 1 heterocycles. The summed E-state index contributed by atoms with van der Waals surface area (Å²) in [5.74, 6) is 1.67. The maximum atomic E-state index is 5.38. The summed E-state index contributed by atoms with van der Waals surface area (Å²) in [6.45, 7) is 5.62. The second-order valence-corrected chi connectivity index (χ2v) is 5.75. The van der Waals surface area contributed by atoms with Gasteiger partial charge >= 0.3 is 0 Å². The lowest BCUT2D eigenvalue weighted by Crippen LogP contribution is -2.49. The van der Waals surface area contributed by atoms with Gasteiger partial charge in [0.1, 0.15) is 4.32 Å². The van der Waals surface area contributed by atoms with E-state index in [9.17, 15) is 0 Å². The molecule has 76 valence electrons. The molecule has 3 heteroatoms. The molecule has 1 saturated heterocycles. The highest BCUT2D eigenvalue weighted by Crippen LogP contribution is 2.35. The molecule has 0 aromatic heterocycles. The lowest BCUT2D eigenvalue weighted by molar-refractivity contribution is 0.220. The molecule has 0 radical (unpaired) electrons. The van der Waals surface area contributed by atoms with Crippen LogP contribution in [0, 0.1) is 5.92 Å². The van der Waals surface area contributed by atoms with Crippen molar-refractivity contribution in [3.05, 3.63) is 24.3 Å². The molecule has 0 bridgehead atoms. The average molecular weight is 225 g/mol. The number of hydrogen-bond donors (Lipinski definition) is 0. The molecule has 1 aliphatic heterocycles. The van der Waals surface area contributed by atoms with E-state index < -0.39 is 0 Å². The summed E-state index contributed by atoms with van der Waals surface area (Å²) >= 11 is 7.18. The Bertz CT molecular complexity index is 308. The van der Waals surface area contributed by atoms with Crippen LogP contribution in [-0.2, 0) is 0 Å². The molecule has 1 aliphatic carbocycles. The van der Waals surface area contributed by atoms with Gasteiger partial charge in [0.25, 0.3) is 0 Å². The third-order valence-electron chi connectivity index (χ3n) is 3.21. The van der Waals surface area contributed by atoms with Gasteiger partial charge in [0.2, 0.25) is 0 Å². The third kappa shape index (κ3) is 1.52. The average Bonchev–Trinajstić information content (AvgIpc) is 2.57. The van der Waals surface area contributed by atoms with Crippen LogP contribution in [0.1, 0.15) is 13.8 Å². The normalized spacial score (nSPS) is 36.9. The van der Waals surface area contributed by atoms with Crippen LogP contribution in [0.25, 0.3) is 0 Å². The molecule has 1 nitrogen and oxygen atoms in total. The number of rotatable bonds is 1. The number of allylic oxidation sites excluding steroid dienone is 2. The predicted molar refractivity (Wildman–Crippen MR) is 67.6 cm³/mol. The Hall–Kier alpha value is -0.280. The zero-order chi connectivity index (χ0) is 10.2. The molecule has 0 amide bonds. The Kier molecular flexibility index (Phi) is 2.71. The van der Waals surface area contributed by atoms with Crippen molar-refractivity contribution in [3.63, 3.8) is 0 Å². The predicted octanol–water partition coefficient (Wildman–Crippen LogP) is 2.84. The molecule has 0 spiro atoms. The van der Waals surface area contributed by atoms with Crippen molar-refractivity contribution in [3.8, 4) is 0 Å². The molecule has 2 atom stereocenters. The first kappa shape index (κ1) is 10.2. The van der Waals surface area contributed by atoms with E-state index in [1.165, 1.54) is 0 Å². The lowest BCUT2D eigenvalue weighted by atomic mass is 9.82. The van der Waals surface area contributed by atoms with Gasteiger partial charge in [-0.05, 0) is 6.92 Å². The Morgan fingerprint density at radius 2 is 2.36 bits per heavy atom. The fourth-order valence-electron chi connectivity index (χ4n) is 1.99. The van der Waals surface area contributed by atoms with Crippen LogP contribution < -0.4 is 0 Å². The van der Waals surface area contributed by atoms with E-state index in [0.717, 1.165) is 16.6 Å². The second-order valence-electron chi connectivity index (χ2n) is 4.02. The highest BCUT2D eigenvalue weighted by molar-refractivity contribution is 8.23. The monoisotopic (exact) mass is 225 g/mol. The molecule has 2 aliphatic rings. The van der Waals surface area contributed by atoms with Gasteiger partial charge in [0.15, 0.2) is 0 Å². The summed E-state index contributed by atoms with van der Waals surface area (Å²) in [6, 6.07) is 0. The largest absolute Gasteiger partial charge is 0.347 e. The maximum Gasteiger partial charge on any atom is 0.137 e. The summed E-state index contributed by atoms with van der Waals surface area (Å²) in [5.41, 5.74) is 0.0926. The molecule has 2 unspecified atom stereocenters. The summed E-state index contributed by atoms with van der Waals surface area (Å²) < 4.78 is 1.05. The van der Waals surface area contributed by atoms with Crippen LogP contribution in [0.2, 0.25) is 0 Å². The first-order chi connectivity index (χ1) is 6.64. The maximum absolute atomic E-state index is 5.38. The van der Waals surface area contributed by atoms with Crippen molar-refractivity contribution in [2.24, 2.45) is 5.92 Å². The van der Waals surface area contributed by atoms with Crippen LogP contribution >= 0.6 is 24.0 Å². The molecule has 2 rings (SSSR count). The van der Waals surface area contributed by atoms with E-state index in [-0.39, 0.29) is 5.54 Å². The minimum absolute atomic E-state index is 0.0926. The molecule has 0 N–H and O–H groups in total.